The zero-order chi connectivity index (χ0) is 19.1. The summed E-state index contributed by atoms with van der Waals surface area (Å²) in [5.74, 6) is -1.35. The Morgan fingerprint density at radius 1 is 1.04 bits per heavy atom. The number of halogens is 2. The number of anilines is 1. The molecule has 2 rings (SSSR count). The van der Waals surface area contributed by atoms with Gasteiger partial charge in [-0.25, -0.2) is 0 Å². The highest BCUT2D eigenvalue weighted by molar-refractivity contribution is 8.00. The molecule has 0 saturated heterocycles. The maximum atomic E-state index is 12.3. The Labute approximate surface area is 164 Å². The minimum atomic E-state index is -1.02. The largest absolute Gasteiger partial charge is 0.481 e. The predicted molar refractivity (Wildman–Crippen MR) is 103 cm³/mol. The fourth-order valence-corrected chi connectivity index (χ4v) is 3.40. The monoisotopic (exact) mass is 411 g/mol. The molecule has 0 bridgehead atoms. The molecule has 26 heavy (non-hydrogen) atoms. The molecule has 5 nitrogen and oxygen atoms in total. The van der Waals surface area contributed by atoms with E-state index in [2.05, 4.69) is 5.32 Å². The lowest BCUT2D eigenvalue weighted by molar-refractivity contribution is -0.138. The van der Waals surface area contributed by atoms with Crippen molar-refractivity contribution in [2.24, 2.45) is 0 Å². The van der Waals surface area contributed by atoms with Crippen molar-refractivity contribution in [3.8, 4) is 0 Å². The van der Waals surface area contributed by atoms with Crippen LogP contribution in [0.1, 0.15) is 23.2 Å². The van der Waals surface area contributed by atoms with E-state index in [1.54, 1.807) is 30.3 Å². The minimum absolute atomic E-state index is 0.0970. The SMILES string of the molecule is O=C(O)CCC(=O)Nc1cccc(SCC(=O)c2ccc(Cl)cc2Cl)c1. The molecule has 2 aromatic carbocycles. The van der Waals surface area contributed by atoms with Gasteiger partial charge in [-0.15, -0.1) is 11.8 Å². The summed E-state index contributed by atoms with van der Waals surface area (Å²) in [7, 11) is 0. The maximum absolute atomic E-state index is 12.3. The zero-order valence-electron chi connectivity index (χ0n) is 13.5. The summed E-state index contributed by atoms with van der Waals surface area (Å²) in [6.45, 7) is 0. The van der Waals surface area contributed by atoms with Crippen molar-refractivity contribution in [2.45, 2.75) is 17.7 Å². The molecule has 0 atom stereocenters. The first-order valence-corrected chi connectivity index (χ1v) is 9.32. The molecule has 0 aliphatic heterocycles. The Morgan fingerprint density at radius 3 is 2.50 bits per heavy atom. The third kappa shape index (κ3) is 6.37. The third-order valence-corrected chi connectivity index (χ3v) is 4.83. The van der Waals surface area contributed by atoms with Gasteiger partial charge in [-0.1, -0.05) is 29.3 Å². The normalized spacial score (nSPS) is 10.4. The Kier molecular flexibility index (Phi) is 7.50. The molecule has 0 saturated carbocycles. The molecule has 1 amide bonds. The van der Waals surface area contributed by atoms with E-state index < -0.39 is 5.97 Å². The fraction of sp³-hybridized carbons (Fsp3) is 0.167. The van der Waals surface area contributed by atoms with Crippen LogP contribution in [0, 0.1) is 0 Å². The number of carbonyl (C=O) groups excluding carboxylic acids is 2. The van der Waals surface area contributed by atoms with Crippen LogP contribution in [0.2, 0.25) is 10.0 Å². The summed E-state index contributed by atoms with van der Waals surface area (Å²) in [5.41, 5.74) is 0.948. The van der Waals surface area contributed by atoms with Gasteiger partial charge < -0.3 is 10.4 Å². The number of benzene rings is 2. The number of carboxylic acid groups (broad SMARTS) is 1. The lowest BCUT2D eigenvalue weighted by Crippen LogP contribution is -2.13. The number of aliphatic carboxylic acids is 1. The Morgan fingerprint density at radius 2 is 1.81 bits per heavy atom. The summed E-state index contributed by atoms with van der Waals surface area (Å²) >= 11 is 13.2. The summed E-state index contributed by atoms with van der Waals surface area (Å²) in [6.07, 6.45) is -0.323. The highest BCUT2D eigenvalue weighted by Crippen LogP contribution is 2.26. The number of carbonyl (C=O) groups is 3. The molecule has 136 valence electrons. The van der Waals surface area contributed by atoms with Gasteiger partial charge in [-0.2, -0.15) is 0 Å². The van der Waals surface area contributed by atoms with Crippen LogP contribution in [0.3, 0.4) is 0 Å². The number of hydrogen-bond acceptors (Lipinski definition) is 4. The quantitative estimate of drug-likeness (QED) is 0.482. The average molecular weight is 412 g/mol. The molecule has 8 heteroatoms. The first kappa shape index (κ1) is 20.3. The van der Waals surface area contributed by atoms with E-state index in [1.165, 1.54) is 17.8 Å². The van der Waals surface area contributed by atoms with Crippen LogP contribution >= 0.6 is 35.0 Å². The van der Waals surface area contributed by atoms with Crippen molar-refractivity contribution >= 4 is 58.3 Å². The highest BCUT2D eigenvalue weighted by Gasteiger charge is 2.12. The van der Waals surface area contributed by atoms with Gasteiger partial charge in [0.05, 0.1) is 17.2 Å². The van der Waals surface area contributed by atoms with Crippen LogP contribution in [0.4, 0.5) is 5.69 Å². The van der Waals surface area contributed by atoms with Gasteiger partial charge in [0, 0.05) is 27.6 Å². The van der Waals surface area contributed by atoms with Crippen LogP contribution in [0.15, 0.2) is 47.4 Å². The molecule has 0 aromatic heterocycles. The van der Waals surface area contributed by atoms with Crippen LogP contribution in [-0.2, 0) is 9.59 Å². The summed E-state index contributed by atoms with van der Waals surface area (Å²) in [5, 5.41) is 12.0. The first-order valence-electron chi connectivity index (χ1n) is 7.58. The van der Waals surface area contributed by atoms with E-state index in [4.69, 9.17) is 28.3 Å². The molecule has 0 aliphatic carbocycles. The number of carboxylic acids is 1. The van der Waals surface area contributed by atoms with E-state index in [-0.39, 0.29) is 30.3 Å². The van der Waals surface area contributed by atoms with Gasteiger partial charge in [-0.05, 0) is 36.4 Å². The minimum Gasteiger partial charge on any atom is -0.481 e. The molecule has 2 aromatic rings. The second-order valence-corrected chi connectivity index (χ2v) is 7.20. The number of ketones is 1. The Hall–Kier alpha value is -2.02. The first-order chi connectivity index (χ1) is 12.3. The molecule has 0 heterocycles. The second kappa shape index (κ2) is 9.62. The number of thioether (sulfide) groups is 1. The number of Topliss-reactive ketones (excluding diaryl/α,β-unsaturated/α-hetero) is 1. The van der Waals surface area contributed by atoms with Crippen molar-refractivity contribution in [1.29, 1.82) is 0 Å². The van der Waals surface area contributed by atoms with Crippen LogP contribution in [-0.4, -0.2) is 28.5 Å². The highest BCUT2D eigenvalue weighted by atomic mass is 35.5. The lowest BCUT2D eigenvalue weighted by Gasteiger charge is -2.07. The van der Waals surface area contributed by atoms with Crippen LogP contribution in [0.25, 0.3) is 0 Å². The molecule has 0 radical (unpaired) electrons. The van der Waals surface area contributed by atoms with Crippen LogP contribution < -0.4 is 5.32 Å². The average Bonchev–Trinajstić information content (AvgIpc) is 2.58. The number of rotatable bonds is 8. The van der Waals surface area contributed by atoms with Gasteiger partial charge in [0.25, 0.3) is 0 Å². The van der Waals surface area contributed by atoms with Crippen molar-refractivity contribution in [3.05, 3.63) is 58.1 Å². The number of amides is 1. The molecular weight excluding hydrogens is 397 g/mol. The van der Waals surface area contributed by atoms with Crippen molar-refractivity contribution in [2.75, 3.05) is 11.1 Å². The molecule has 0 unspecified atom stereocenters. The predicted octanol–water partition coefficient (Wildman–Crippen LogP) is 4.77. The summed E-state index contributed by atoms with van der Waals surface area (Å²) < 4.78 is 0. The molecule has 2 N–H and O–H groups in total. The van der Waals surface area contributed by atoms with Crippen molar-refractivity contribution in [3.63, 3.8) is 0 Å². The standard InChI is InChI=1S/C18H15Cl2NO4S/c19-11-4-5-14(15(20)8-11)16(22)10-26-13-3-1-2-12(9-13)21-17(23)6-7-18(24)25/h1-5,8-9H,6-7,10H2,(H,21,23)(H,24,25). The zero-order valence-corrected chi connectivity index (χ0v) is 15.8. The third-order valence-electron chi connectivity index (χ3n) is 3.29. The molecule has 0 spiro atoms. The van der Waals surface area contributed by atoms with E-state index >= 15 is 0 Å². The Bertz CT molecular complexity index is 842. The van der Waals surface area contributed by atoms with Gasteiger partial charge in [0.2, 0.25) is 5.91 Å². The van der Waals surface area contributed by atoms with Crippen molar-refractivity contribution < 1.29 is 19.5 Å². The lowest BCUT2D eigenvalue weighted by atomic mass is 10.1. The Balaban J connectivity index is 1.94. The summed E-state index contributed by atoms with van der Waals surface area (Å²) in [4.78, 5) is 35.2. The van der Waals surface area contributed by atoms with Gasteiger partial charge in [-0.3, -0.25) is 14.4 Å². The number of nitrogens with one attached hydrogen (secondary N) is 1. The summed E-state index contributed by atoms with van der Waals surface area (Å²) in [6, 6.07) is 11.7. The topological polar surface area (TPSA) is 83.5 Å². The van der Waals surface area contributed by atoms with Gasteiger partial charge in [0.15, 0.2) is 5.78 Å². The number of hydrogen-bond donors (Lipinski definition) is 2. The molecule has 0 aliphatic rings. The van der Waals surface area contributed by atoms with Crippen LogP contribution in [0.5, 0.6) is 0 Å². The van der Waals surface area contributed by atoms with Gasteiger partial charge in [0.1, 0.15) is 0 Å². The smallest absolute Gasteiger partial charge is 0.303 e. The van der Waals surface area contributed by atoms with Crippen molar-refractivity contribution in [1.82, 2.24) is 0 Å². The second-order valence-electron chi connectivity index (χ2n) is 5.31. The molecule has 0 fully saturated rings. The van der Waals surface area contributed by atoms with E-state index in [9.17, 15) is 14.4 Å². The van der Waals surface area contributed by atoms with Gasteiger partial charge >= 0.3 is 5.97 Å². The van der Waals surface area contributed by atoms with E-state index in [0.29, 0.717) is 21.3 Å². The molecular formula is C18H15Cl2NO4S. The van der Waals surface area contributed by atoms with E-state index in [1.807, 2.05) is 6.07 Å². The fourth-order valence-electron chi connectivity index (χ4n) is 2.05. The maximum Gasteiger partial charge on any atom is 0.303 e. The van der Waals surface area contributed by atoms with E-state index in [0.717, 1.165) is 4.90 Å².